The summed E-state index contributed by atoms with van der Waals surface area (Å²) in [6, 6.07) is 4.95. The Morgan fingerprint density at radius 2 is 1.60 bits per heavy atom. The standard InChI is InChI=1S/C13H18O2/c1-9-4-2-3-5-13(9)10-6-11(14)8-12(15)7-10/h6-9,13-15H,2-5H2,1H3/t9-,13-/m1/s1. The molecule has 0 spiro atoms. The molecule has 0 heterocycles. The van der Waals surface area contributed by atoms with E-state index in [1.54, 1.807) is 12.1 Å². The van der Waals surface area contributed by atoms with Gasteiger partial charge in [-0.05, 0) is 36.0 Å². The Labute approximate surface area is 90.6 Å². The van der Waals surface area contributed by atoms with E-state index in [1.807, 2.05) is 0 Å². The molecule has 0 radical (unpaired) electrons. The Hall–Kier alpha value is -1.18. The first-order valence-electron chi connectivity index (χ1n) is 5.70. The van der Waals surface area contributed by atoms with Crippen LogP contribution in [0.1, 0.15) is 44.1 Å². The molecule has 2 rings (SSSR count). The number of aromatic hydroxyl groups is 2. The monoisotopic (exact) mass is 206 g/mol. The smallest absolute Gasteiger partial charge is 0.119 e. The molecule has 2 nitrogen and oxygen atoms in total. The van der Waals surface area contributed by atoms with E-state index in [0.717, 1.165) is 5.56 Å². The van der Waals surface area contributed by atoms with Gasteiger partial charge in [-0.1, -0.05) is 26.2 Å². The van der Waals surface area contributed by atoms with Gasteiger partial charge in [-0.15, -0.1) is 0 Å². The molecule has 82 valence electrons. The van der Waals surface area contributed by atoms with Crippen LogP contribution in [-0.2, 0) is 0 Å². The van der Waals surface area contributed by atoms with E-state index in [2.05, 4.69) is 6.92 Å². The van der Waals surface area contributed by atoms with Gasteiger partial charge in [0.05, 0.1) is 0 Å². The van der Waals surface area contributed by atoms with Crippen molar-refractivity contribution in [1.82, 2.24) is 0 Å². The molecule has 2 atom stereocenters. The zero-order chi connectivity index (χ0) is 10.8. The molecule has 1 aliphatic carbocycles. The van der Waals surface area contributed by atoms with Gasteiger partial charge in [-0.2, -0.15) is 0 Å². The van der Waals surface area contributed by atoms with E-state index < -0.39 is 0 Å². The third-order valence-corrected chi connectivity index (χ3v) is 3.46. The fourth-order valence-corrected chi connectivity index (χ4v) is 2.64. The van der Waals surface area contributed by atoms with Gasteiger partial charge >= 0.3 is 0 Å². The van der Waals surface area contributed by atoms with Crippen molar-refractivity contribution in [1.29, 1.82) is 0 Å². The van der Waals surface area contributed by atoms with Gasteiger partial charge in [0.2, 0.25) is 0 Å². The predicted octanol–water partition coefficient (Wildman–Crippen LogP) is 3.39. The van der Waals surface area contributed by atoms with E-state index in [4.69, 9.17) is 0 Å². The molecule has 0 aliphatic heterocycles. The lowest BCUT2D eigenvalue weighted by Gasteiger charge is -2.29. The summed E-state index contributed by atoms with van der Waals surface area (Å²) in [5.74, 6) is 1.49. The van der Waals surface area contributed by atoms with E-state index in [9.17, 15) is 10.2 Å². The van der Waals surface area contributed by atoms with Crippen LogP contribution in [0.4, 0.5) is 0 Å². The third-order valence-electron chi connectivity index (χ3n) is 3.46. The second-order valence-corrected chi connectivity index (χ2v) is 4.65. The summed E-state index contributed by atoms with van der Waals surface area (Å²) in [5.41, 5.74) is 1.08. The number of rotatable bonds is 1. The van der Waals surface area contributed by atoms with Gasteiger partial charge in [0.1, 0.15) is 11.5 Å². The largest absolute Gasteiger partial charge is 0.508 e. The van der Waals surface area contributed by atoms with Crippen molar-refractivity contribution in [2.75, 3.05) is 0 Å². The molecule has 0 saturated heterocycles. The highest BCUT2D eigenvalue weighted by Crippen LogP contribution is 2.39. The Morgan fingerprint density at radius 3 is 2.20 bits per heavy atom. The minimum atomic E-state index is 0.169. The lowest BCUT2D eigenvalue weighted by atomic mass is 9.76. The van der Waals surface area contributed by atoms with Crippen molar-refractivity contribution in [3.05, 3.63) is 23.8 Å². The summed E-state index contributed by atoms with van der Waals surface area (Å²) in [5, 5.41) is 18.9. The number of benzene rings is 1. The Kier molecular flexibility index (Phi) is 2.85. The maximum absolute atomic E-state index is 9.45. The summed E-state index contributed by atoms with van der Waals surface area (Å²) >= 11 is 0. The molecule has 0 unspecified atom stereocenters. The predicted molar refractivity (Wildman–Crippen MR) is 60.1 cm³/mol. The highest BCUT2D eigenvalue weighted by molar-refractivity contribution is 5.38. The quantitative estimate of drug-likeness (QED) is 0.739. The molecule has 1 fully saturated rings. The van der Waals surface area contributed by atoms with Crippen molar-refractivity contribution in [2.45, 2.75) is 38.5 Å². The molecule has 0 bridgehead atoms. The number of hydrogen-bond donors (Lipinski definition) is 2. The van der Waals surface area contributed by atoms with Crippen molar-refractivity contribution < 1.29 is 10.2 Å². The second kappa shape index (κ2) is 4.13. The zero-order valence-electron chi connectivity index (χ0n) is 9.11. The number of hydrogen-bond acceptors (Lipinski definition) is 2. The van der Waals surface area contributed by atoms with E-state index in [1.165, 1.54) is 31.7 Å². The molecule has 2 N–H and O–H groups in total. The average Bonchev–Trinajstić information content (AvgIpc) is 2.16. The van der Waals surface area contributed by atoms with E-state index >= 15 is 0 Å². The molecular weight excluding hydrogens is 188 g/mol. The van der Waals surface area contributed by atoms with Gasteiger partial charge in [0, 0.05) is 6.07 Å². The van der Waals surface area contributed by atoms with E-state index in [0.29, 0.717) is 11.8 Å². The number of phenols is 2. The van der Waals surface area contributed by atoms with Crippen LogP contribution in [0.25, 0.3) is 0 Å². The van der Waals surface area contributed by atoms with Gasteiger partial charge in [-0.3, -0.25) is 0 Å². The zero-order valence-corrected chi connectivity index (χ0v) is 9.11. The third kappa shape index (κ3) is 2.25. The maximum atomic E-state index is 9.45. The molecule has 1 aliphatic rings. The minimum Gasteiger partial charge on any atom is -0.508 e. The van der Waals surface area contributed by atoms with Crippen LogP contribution in [0.5, 0.6) is 11.5 Å². The minimum absolute atomic E-state index is 0.169. The molecule has 2 heteroatoms. The van der Waals surface area contributed by atoms with Crippen LogP contribution < -0.4 is 0 Å². The summed E-state index contributed by atoms with van der Waals surface area (Å²) in [4.78, 5) is 0. The highest BCUT2D eigenvalue weighted by Gasteiger charge is 2.23. The van der Waals surface area contributed by atoms with Gasteiger partial charge in [0.25, 0.3) is 0 Å². The Balaban J connectivity index is 2.27. The molecule has 1 aromatic rings. The fraction of sp³-hybridized carbons (Fsp3) is 0.538. The second-order valence-electron chi connectivity index (χ2n) is 4.65. The fourth-order valence-electron chi connectivity index (χ4n) is 2.64. The van der Waals surface area contributed by atoms with Crippen LogP contribution in [-0.4, -0.2) is 10.2 Å². The van der Waals surface area contributed by atoms with Crippen molar-refractivity contribution in [3.63, 3.8) is 0 Å². The normalized spacial score (nSPS) is 26.5. The van der Waals surface area contributed by atoms with Crippen molar-refractivity contribution in [2.24, 2.45) is 5.92 Å². The van der Waals surface area contributed by atoms with Gasteiger partial charge in [-0.25, -0.2) is 0 Å². The van der Waals surface area contributed by atoms with Crippen LogP contribution in [0.15, 0.2) is 18.2 Å². The lowest BCUT2D eigenvalue weighted by molar-refractivity contribution is 0.328. The van der Waals surface area contributed by atoms with Crippen molar-refractivity contribution in [3.8, 4) is 11.5 Å². The first-order valence-corrected chi connectivity index (χ1v) is 5.70. The first-order chi connectivity index (χ1) is 7.16. The highest BCUT2D eigenvalue weighted by atomic mass is 16.3. The molecule has 15 heavy (non-hydrogen) atoms. The summed E-state index contributed by atoms with van der Waals surface area (Å²) in [6.07, 6.45) is 4.99. The molecule has 1 saturated carbocycles. The molecule has 0 aromatic heterocycles. The summed E-state index contributed by atoms with van der Waals surface area (Å²) in [6.45, 7) is 2.25. The van der Waals surface area contributed by atoms with Crippen LogP contribution >= 0.6 is 0 Å². The van der Waals surface area contributed by atoms with E-state index in [-0.39, 0.29) is 11.5 Å². The number of phenolic OH excluding ortho intramolecular Hbond substituents is 2. The van der Waals surface area contributed by atoms with Crippen LogP contribution in [0.3, 0.4) is 0 Å². The summed E-state index contributed by atoms with van der Waals surface area (Å²) < 4.78 is 0. The average molecular weight is 206 g/mol. The van der Waals surface area contributed by atoms with Gasteiger partial charge in [0.15, 0.2) is 0 Å². The first kappa shape index (κ1) is 10.3. The lowest BCUT2D eigenvalue weighted by Crippen LogP contribution is -2.14. The maximum Gasteiger partial charge on any atom is 0.119 e. The molecule has 1 aromatic carbocycles. The Morgan fingerprint density at radius 1 is 1.00 bits per heavy atom. The molecule has 0 amide bonds. The topological polar surface area (TPSA) is 40.5 Å². The summed E-state index contributed by atoms with van der Waals surface area (Å²) in [7, 11) is 0. The van der Waals surface area contributed by atoms with Crippen LogP contribution in [0.2, 0.25) is 0 Å². The Bertz CT molecular complexity index is 326. The molecular formula is C13H18O2. The van der Waals surface area contributed by atoms with Crippen LogP contribution in [0, 0.1) is 5.92 Å². The van der Waals surface area contributed by atoms with Gasteiger partial charge < -0.3 is 10.2 Å². The SMILES string of the molecule is C[C@@H]1CCCC[C@H]1c1cc(O)cc(O)c1. The van der Waals surface area contributed by atoms with Crippen molar-refractivity contribution >= 4 is 0 Å².